The molecule has 0 radical (unpaired) electrons. The molecule has 0 aliphatic carbocycles. The Hall–Kier alpha value is -1.84. The summed E-state index contributed by atoms with van der Waals surface area (Å²) in [6, 6.07) is 7.80. The first kappa shape index (κ1) is 15.5. The summed E-state index contributed by atoms with van der Waals surface area (Å²) in [5.74, 6) is 0.372. The molecule has 1 aromatic carbocycles. The topological polar surface area (TPSA) is 49.4 Å². The molecule has 1 saturated heterocycles. The quantitative estimate of drug-likeness (QED) is 0.905. The Morgan fingerprint density at radius 3 is 2.76 bits per heavy atom. The van der Waals surface area contributed by atoms with Gasteiger partial charge in [0.05, 0.1) is 5.92 Å². The van der Waals surface area contributed by atoms with E-state index in [2.05, 4.69) is 19.2 Å². The number of carbonyl (C=O) groups excluding carboxylic acids is 2. The SMILES string of the molecule is Cc1ccccc1N1CC(C(=O)NCCC(C)C)CC1=O. The van der Waals surface area contributed by atoms with E-state index in [0.717, 1.165) is 17.7 Å². The van der Waals surface area contributed by atoms with Crippen LogP contribution < -0.4 is 10.2 Å². The van der Waals surface area contributed by atoms with Crippen LogP contribution in [0.2, 0.25) is 0 Å². The molecule has 4 heteroatoms. The molecule has 4 nitrogen and oxygen atoms in total. The summed E-state index contributed by atoms with van der Waals surface area (Å²) in [5.41, 5.74) is 1.98. The fourth-order valence-electron chi connectivity index (χ4n) is 2.61. The minimum atomic E-state index is -0.232. The van der Waals surface area contributed by atoms with Crippen molar-refractivity contribution >= 4 is 17.5 Å². The second kappa shape index (κ2) is 6.74. The van der Waals surface area contributed by atoms with Crippen molar-refractivity contribution in [3.8, 4) is 0 Å². The third kappa shape index (κ3) is 3.84. The van der Waals surface area contributed by atoms with Gasteiger partial charge in [0.2, 0.25) is 11.8 Å². The van der Waals surface area contributed by atoms with Gasteiger partial charge in [-0.15, -0.1) is 0 Å². The number of hydrogen-bond donors (Lipinski definition) is 1. The van der Waals surface area contributed by atoms with Gasteiger partial charge in [-0.2, -0.15) is 0 Å². The number of nitrogens with one attached hydrogen (secondary N) is 1. The summed E-state index contributed by atoms with van der Waals surface area (Å²) < 4.78 is 0. The molecule has 1 N–H and O–H groups in total. The van der Waals surface area contributed by atoms with Gasteiger partial charge < -0.3 is 10.2 Å². The third-order valence-electron chi connectivity index (χ3n) is 3.92. The lowest BCUT2D eigenvalue weighted by atomic mass is 10.1. The first-order valence-corrected chi connectivity index (χ1v) is 7.62. The molecule has 0 saturated carbocycles. The van der Waals surface area contributed by atoms with E-state index in [4.69, 9.17) is 0 Å². The fraction of sp³-hybridized carbons (Fsp3) is 0.529. The van der Waals surface area contributed by atoms with E-state index < -0.39 is 0 Å². The van der Waals surface area contributed by atoms with E-state index in [0.29, 0.717) is 25.4 Å². The first-order valence-electron chi connectivity index (χ1n) is 7.62. The lowest BCUT2D eigenvalue weighted by Gasteiger charge is -2.19. The van der Waals surface area contributed by atoms with E-state index in [1.807, 2.05) is 31.2 Å². The number of amides is 2. The number of para-hydroxylation sites is 1. The highest BCUT2D eigenvalue weighted by atomic mass is 16.2. The van der Waals surface area contributed by atoms with Crippen molar-refractivity contribution in [2.75, 3.05) is 18.0 Å². The van der Waals surface area contributed by atoms with Crippen LogP contribution in [0.1, 0.15) is 32.3 Å². The summed E-state index contributed by atoms with van der Waals surface area (Å²) in [6.45, 7) is 7.41. The molecular formula is C17H24N2O2. The van der Waals surface area contributed by atoms with Gasteiger partial charge in [-0.25, -0.2) is 0 Å². The first-order chi connectivity index (χ1) is 9.99. The third-order valence-corrected chi connectivity index (χ3v) is 3.92. The molecule has 1 fully saturated rings. The molecule has 0 bridgehead atoms. The Bertz CT molecular complexity index is 525. The summed E-state index contributed by atoms with van der Waals surface area (Å²) in [7, 11) is 0. The summed E-state index contributed by atoms with van der Waals surface area (Å²) in [5, 5.41) is 2.95. The van der Waals surface area contributed by atoms with Crippen LogP contribution in [-0.2, 0) is 9.59 Å². The van der Waals surface area contributed by atoms with E-state index in [-0.39, 0.29) is 17.7 Å². The van der Waals surface area contributed by atoms with E-state index in [1.54, 1.807) is 4.90 Å². The lowest BCUT2D eigenvalue weighted by Crippen LogP contribution is -2.34. The van der Waals surface area contributed by atoms with Gasteiger partial charge in [0.25, 0.3) is 0 Å². The van der Waals surface area contributed by atoms with E-state index >= 15 is 0 Å². The van der Waals surface area contributed by atoms with Crippen LogP contribution in [0, 0.1) is 18.8 Å². The van der Waals surface area contributed by atoms with Crippen molar-refractivity contribution in [3.63, 3.8) is 0 Å². The maximum atomic E-state index is 12.2. The maximum Gasteiger partial charge on any atom is 0.227 e. The minimum absolute atomic E-state index is 0.0000779. The smallest absolute Gasteiger partial charge is 0.227 e. The highest BCUT2D eigenvalue weighted by molar-refractivity contribution is 6.00. The number of rotatable bonds is 5. The number of benzene rings is 1. The lowest BCUT2D eigenvalue weighted by molar-refractivity contribution is -0.126. The van der Waals surface area contributed by atoms with Crippen LogP contribution in [0.25, 0.3) is 0 Å². The molecule has 1 aliphatic rings. The van der Waals surface area contributed by atoms with Crippen molar-refractivity contribution in [3.05, 3.63) is 29.8 Å². The zero-order valence-electron chi connectivity index (χ0n) is 13.1. The molecule has 1 atom stereocenters. The zero-order valence-corrected chi connectivity index (χ0v) is 13.1. The molecule has 21 heavy (non-hydrogen) atoms. The van der Waals surface area contributed by atoms with Gasteiger partial charge in [-0.05, 0) is 30.9 Å². The molecule has 114 valence electrons. The van der Waals surface area contributed by atoms with Crippen molar-refractivity contribution in [2.24, 2.45) is 11.8 Å². The molecule has 2 amide bonds. The van der Waals surface area contributed by atoms with Gasteiger partial charge in [0, 0.05) is 25.2 Å². The van der Waals surface area contributed by atoms with Gasteiger partial charge >= 0.3 is 0 Å². The molecular weight excluding hydrogens is 264 g/mol. The number of hydrogen-bond acceptors (Lipinski definition) is 2. The zero-order chi connectivity index (χ0) is 15.4. The Labute approximate surface area is 126 Å². The summed E-state index contributed by atoms with van der Waals surface area (Å²) in [6.07, 6.45) is 1.27. The van der Waals surface area contributed by atoms with Crippen molar-refractivity contribution in [1.29, 1.82) is 0 Å². The fourth-order valence-corrected chi connectivity index (χ4v) is 2.61. The molecule has 1 unspecified atom stereocenters. The highest BCUT2D eigenvalue weighted by Gasteiger charge is 2.35. The van der Waals surface area contributed by atoms with E-state index in [1.165, 1.54) is 0 Å². The van der Waals surface area contributed by atoms with Gasteiger partial charge in [0.15, 0.2) is 0 Å². The van der Waals surface area contributed by atoms with Crippen molar-refractivity contribution in [2.45, 2.75) is 33.6 Å². The summed E-state index contributed by atoms with van der Waals surface area (Å²) >= 11 is 0. The summed E-state index contributed by atoms with van der Waals surface area (Å²) in [4.78, 5) is 26.1. The maximum absolute atomic E-state index is 12.2. The molecule has 1 aromatic rings. The minimum Gasteiger partial charge on any atom is -0.356 e. The van der Waals surface area contributed by atoms with Crippen LogP contribution in [0.5, 0.6) is 0 Å². The van der Waals surface area contributed by atoms with E-state index in [9.17, 15) is 9.59 Å². The second-order valence-corrected chi connectivity index (χ2v) is 6.17. The van der Waals surface area contributed by atoms with Crippen LogP contribution in [0.3, 0.4) is 0 Å². The van der Waals surface area contributed by atoms with Gasteiger partial charge in [-0.3, -0.25) is 9.59 Å². The predicted molar refractivity (Wildman–Crippen MR) is 84.1 cm³/mol. The van der Waals surface area contributed by atoms with Gasteiger partial charge in [-0.1, -0.05) is 32.0 Å². The number of aryl methyl sites for hydroxylation is 1. The van der Waals surface area contributed by atoms with Gasteiger partial charge in [0.1, 0.15) is 0 Å². The molecule has 0 aromatic heterocycles. The molecule has 2 rings (SSSR count). The monoisotopic (exact) mass is 288 g/mol. The van der Waals surface area contributed by atoms with Crippen LogP contribution >= 0.6 is 0 Å². The Kier molecular flexibility index (Phi) is 4.99. The molecule has 0 spiro atoms. The highest BCUT2D eigenvalue weighted by Crippen LogP contribution is 2.27. The Morgan fingerprint density at radius 1 is 1.38 bits per heavy atom. The van der Waals surface area contributed by atoms with Crippen molar-refractivity contribution < 1.29 is 9.59 Å². The van der Waals surface area contributed by atoms with Crippen LogP contribution in [-0.4, -0.2) is 24.9 Å². The number of carbonyl (C=O) groups is 2. The standard InChI is InChI=1S/C17H24N2O2/c1-12(2)8-9-18-17(21)14-10-16(20)19(11-14)15-7-5-4-6-13(15)3/h4-7,12,14H,8-11H2,1-3H3,(H,18,21). The average molecular weight is 288 g/mol. The molecule has 1 heterocycles. The average Bonchev–Trinajstić information content (AvgIpc) is 2.81. The van der Waals surface area contributed by atoms with Crippen LogP contribution in [0.15, 0.2) is 24.3 Å². The number of nitrogens with zero attached hydrogens (tertiary/aromatic N) is 1. The largest absolute Gasteiger partial charge is 0.356 e. The van der Waals surface area contributed by atoms with Crippen molar-refractivity contribution in [1.82, 2.24) is 5.32 Å². The Morgan fingerprint density at radius 2 is 2.10 bits per heavy atom. The normalized spacial score (nSPS) is 18.4. The van der Waals surface area contributed by atoms with Crippen LogP contribution in [0.4, 0.5) is 5.69 Å². The Balaban J connectivity index is 1.96. The number of anilines is 1. The predicted octanol–water partition coefficient (Wildman–Crippen LogP) is 2.51. The second-order valence-electron chi connectivity index (χ2n) is 6.17. The molecule has 1 aliphatic heterocycles.